The van der Waals surface area contributed by atoms with E-state index in [-0.39, 0.29) is 11.3 Å². The van der Waals surface area contributed by atoms with Crippen LogP contribution in [0.3, 0.4) is 0 Å². The molecule has 0 aromatic heterocycles. The van der Waals surface area contributed by atoms with E-state index in [0.717, 1.165) is 59.5 Å². The molecular weight excluding hydrogens is 531 g/mol. The van der Waals surface area contributed by atoms with Gasteiger partial charge in [-0.2, -0.15) is 0 Å². The number of carbonyl (C=O) groups excluding carboxylic acids is 2. The lowest BCUT2D eigenvalue weighted by Crippen LogP contribution is -2.38. The molecule has 1 N–H and O–H groups in total. The van der Waals surface area contributed by atoms with Gasteiger partial charge in [0.1, 0.15) is 5.76 Å². The van der Waals surface area contributed by atoms with Crippen molar-refractivity contribution in [3.05, 3.63) is 73.9 Å². The van der Waals surface area contributed by atoms with Gasteiger partial charge in [-0.1, -0.05) is 29.8 Å². The van der Waals surface area contributed by atoms with Crippen LogP contribution in [0.4, 0.5) is 0 Å². The van der Waals surface area contributed by atoms with Crippen LogP contribution in [0.15, 0.2) is 48.0 Å². The molecule has 174 valence electrons. The van der Waals surface area contributed by atoms with E-state index < -0.39 is 17.7 Å². The first kappa shape index (κ1) is 23.9. The molecule has 2 fully saturated rings. The van der Waals surface area contributed by atoms with Crippen LogP contribution in [-0.4, -0.2) is 66.0 Å². The van der Waals surface area contributed by atoms with Gasteiger partial charge in [-0.05, 0) is 72.2 Å². The van der Waals surface area contributed by atoms with Crippen molar-refractivity contribution in [3.63, 3.8) is 0 Å². The largest absolute Gasteiger partial charge is 0.507 e. The maximum Gasteiger partial charge on any atom is 0.295 e. The summed E-state index contributed by atoms with van der Waals surface area (Å²) in [6.45, 7) is 8.33. The van der Waals surface area contributed by atoms with Crippen LogP contribution in [0.2, 0.25) is 0 Å². The number of rotatable bonds is 6. The van der Waals surface area contributed by atoms with Gasteiger partial charge in [-0.3, -0.25) is 14.5 Å². The second-order valence-corrected chi connectivity index (χ2v) is 9.92. The standard InChI is InChI=1S/C26H29IN2O4/c1-17-4-5-18(2)21(16-17)24(30)22-23(19-6-8-20(27)9-7-19)29(26(32)25(22)31)11-3-10-28-12-14-33-15-13-28/h4-9,16,23,30H,3,10-15H2,1-2H3. The zero-order valence-electron chi connectivity index (χ0n) is 19.0. The van der Waals surface area contributed by atoms with Gasteiger partial charge >= 0.3 is 0 Å². The minimum atomic E-state index is -0.622. The molecule has 33 heavy (non-hydrogen) atoms. The van der Waals surface area contributed by atoms with Gasteiger partial charge in [-0.25, -0.2) is 0 Å². The SMILES string of the molecule is Cc1ccc(C)c(C(O)=C2C(=O)C(=O)N(CCCN3CCOCC3)C2c2ccc(I)cc2)c1. The fourth-order valence-corrected chi connectivity index (χ4v) is 4.89. The van der Waals surface area contributed by atoms with E-state index in [9.17, 15) is 14.7 Å². The third kappa shape index (κ3) is 5.15. The van der Waals surface area contributed by atoms with Crippen LogP contribution in [0.1, 0.15) is 34.7 Å². The fraction of sp³-hybridized carbons (Fsp3) is 0.385. The Bertz CT molecular complexity index is 1070. The highest BCUT2D eigenvalue weighted by molar-refractivity contribution is 14.1. The summed E-state index contributed by atoms with van der Waals surface area (Å²) in [5.41, 5.74) is 3.43. The average Bonchev–Trinajstić information content (AvgIpc) is 3.06. The summed E-state index contributed by atoms with van der Waals surface area (Å²) in [4.78, 5) is 30.3. The summed E-state index contributed by atoms with van der Waals surface area (Å²) >= 11 is 2.23. The Morgan fingerprint density at radius 2 is 1.76 bits per heavy atom. The summed E-state index contributed by atoms with van der Waals surface area (Å²) in [6, 6.07) is 12.9. The number of amides is 1. The van der Waals surface area contributed by atoms with Gasteiger partial charge in [0.05, 0.1) is 24.8 Å². The second-order valence-electron chi connectivity index (χ2n) is 8.67. The molecule has 0 bridgehead atoms. The van der Waals surface area contributed by atoms with E-state index in [1.807, 2.05) is 56.3 Å². The molecule has 0 radical (unpaired) electrons. The van der Waals surface area contributed by atoms with Crippen LogP contribution >= 0.6 is 22.6 Å². The summed E-state index contributed by atoms with van der Waals surface area (Å²) in [6.07, 6.45) is 0.747. The molecule has 4 rings (SSSR count). The number of carbonyl (C=O) groups is 2. The molecule has 2 saturated heterocycles. The van der Waals surface area contributed by atoms with Gasteiger partial charge < -0.3 is 14.7 Å². The summed E-state index contributed by atoms with van der Waals surface area (Å²) < 4.78 is 6.48. The van der Waals surface area contributed by atoms with E-state index >= 15 is 0 Å². The lowest BCUT2D eigenvalue weighted by molar-refractivity contribution is -0.140. The van der Waals surface area contributed by atoms with Crippen molar-refractivity contribution < 1.29 is 19.4 Å². The minimum Gasteiger partial charge on any atom is -0.507 e. The number of aliphatic hydroxyl groups is 1. The van der Waals surface area contributed by atoms with Crippen molar-refractivity contribution in [2.45, 2.75) is 26.3 Å². The predicted molar refractivity (Wildman–Crippen MR) is 136 cm³/mol. The fourth-order valence-electron chi connectivity index (χ4n) is 4.53. The van der Waals surface area contributed by atoms with E-state index in [4.69, 9.17) is 4.74 Å². The zero-order valence-corrected chi connectivity index (χ0v) is 21.2. The highest BCUT2D eigenvalue weighted by atomic mass is 127. The quantitative estimate of drug-likeness (QED) is 0.250. The molecule has 0 saturated carbocycles. The lowest BCUT2D eigenvalue weighted by Gasteiger charge is -2.29. The zero-order chi connectivity index (χ0) is 23.5. The van der Waals surface area contributed by atoms with Crippen molar-refractivity contribution in [3.8, 4) is 0 Å². The van der Waals surface area contributed by atoms with Gasteiger partial charge in [0, 0.05) is 35.3 Å². The number of nitrogens with zero attached hydrogens (tertiary/aromatic N) is 2. The molecule has 7 heteroatoms. The molecule has 1 atom stereocenters. The molecule has 2 aliphatic heterocycles. The normalized spacial score (nSPS) is 21.1. The molecule has 1 unspecified atom stereocenters. The monoisotopic (exact) mass is 560 g/mol. The van der Waals surface area contributed by atoms with Gasteiger partial charge in [-0.15, -0.1) is 0 Å². The Labute approximate surface area is 208 Å². The number of aryl methyl sites for hydroxylation is 2. The number of morpholine rings is 1. The van der Waals surface area contributed by atoms with Crippen molar-refractivity contribution >= 4 is 40.0 Å². The number of ether oxygens (including phenoxy) is 1. The molecule has 2 heterocycles. The number of hydrogen-bond donors (Lipinski definition) is 1. The van der Waals surface area contributed by atoms with Gasteiger partial charge in [0.2, 0.25) is 0 Å². The molecule has 1 amide bonds. The lowest BCUT2D eigenvalue weighted by atomic mass is 9.93. The smallest absolute Gasteiger partial charge is 0.295 e. The molecule has 0 spiro atoms. The van der Waals surface area contributed by atoms with E-state index in [1.54, 1.807) is 4.90 Å². The van der Waals surface area contributed by atoms with E-state index in [2.05, 4.69) is 27.5 Å². The predicted octanol–water partition coefficient (Wildman–Crippen LogP) is 4.05. The van der Waals surface area contributed by atoms with Crippen molar-refractivity contribution in [1.29, 1.82) is 0 Å². The Morgan fingerprint density at radius 3 is 2.45 bits per heavy atom. The van der Waals surface area contributed by atoms with Crippen LogP contribution in [0.5, 0.6) is 0 Å². The van der Waals surface area contributed by atoms with Crippen molar-refractivity contribution in [2.24, 2.45) is 0 Å². The third-order valence-electron chi connectivity index (χ3n) is 6.35. The van der Waals surface area contributed by atoms with E-state index in [1.165, 1.54) is 0 Å². The van der Waals surface area contributed by atoms with Crippen LogP contribution < -0.4 is 0 Å². The second kappa shape index (κ2) is 10.4. The average molecular weight is 560 g/mol. The van der Waals surface area contributed by atoms with Crippen molar-refractivity contribution in [2.75, 3.05) is 39.4 Å². The molecule has 2 aromatic carbocycles. The van der Waals surface area contributed by atoms with Crippen LogP contribution in [0, 0.1) is 17.4 Å². The molecular formula is C26H29IN2O4. The highest BCUT2D eigenvalue weighted by Gasteiger charge is 2.45. The first-order valence-electron chi connectivity index (χ1n) is 11.3. The van der Waals surface area contributed by atoms with Crippen LogP contribution in [0.25, 0.3) is 5.76 Å². The highest BCUT2D eigenvalue weighted by Crippen LogP contribution is 2.40. The minimum absolute atomic E-state index is 0.103. The number of Topliss-reactive ketones (excluding diaryl/α,β-unsaturated/α-hetero) is 1. The first-order valence-corrected chi connectivity index (χ1v) is 12.4. The Balaban J connectivity index is 1.70. The third-order valence-corrected chi connectivity index (χ3v) is 7.07. The van der Waals surface area contributed by atoms with Crippen LogP contribution in [-0.2, 0) is 14.3 Å². The Morgan fingerprint density at radius 1 is 1.06 bits per heavy atom. The first-order chi connectivity index (χ1) is 15.9. The molecule has 0 aliphatic carbocycles. The summed E-state index contributed by atoms with van der Waals surface area (Å²) in [5, 5.41) is 11.3. The van der Waals surface area contributed by atoms with E-state index in [0.29, 0.717) is 12.1 Å². The summed E-state index contributed by atoms with van der Waals surface area (Å²) in [7, 11) is 0. The van der Waals surface area contributed by atoms with Gasteiger partial charge in [0.15, 0.2) is 0 Å². The Hall–Kier alpha value is -2.23. The van der Waals surface area contributed by atoms with Crippen molar-refractivity contribution in [1.82, 2.24) is 9.80 Å². The number of halogens is 1. The summed E-state index contributed by atoms with van der Waals surface area (Å²) in [5.74, 6) is -1.27. The number of aliphatic hydroxyl groups excluding tert-OH is 1. The number of hydrogen-bond acceptors (Lipinski definition) is 5. The number of ketones is 1. The molecule has 2 aliphatic rings. The molecule has 6 nitrogen and oxygen atoms in total. The number of likely N-dealkylation sites (tertiary alicyclic amines) is 1. The van der Waals surface area contributed by atoms with Gasteiger partial charge in [0.25, 0.3) is 11.7 Å². The maximum absolute atomic E-state index is 13.2. The topological polar surface area (TPSA) is 70.1 Å². The Kier molecular flexibility index (Phi) is 7.51. The molecule has 2 aromatic rings. The number of benzene rings is 2. The maximum atomic E-state index is 13.2.